The molecule has 1 unspecified atom stereocenters. The molecule has 1 aliphatic heterocycles. The lowest BCUT2D eigenvalue weighted by Crippen LogP contribution is -3.08. The molecule has 0 aromatic rings. The molecule has 2 heteroatoms. The molecule has 0 aliphatic carbocycles. The zero-order valence-electron chi connectivity index (χ0n) is 5.99. The summed E-state index contributed by atoms with van der Waals surface area (Å²) in [7, 11) is 2.24. The standard InChI is InChI=1S/C7H14ClN/c1-9-5-2-3-7(8)4-6-9/h7H,2-6H2,1H3/p+1/t7-/m1/s1. The number of hydrogen-bond acceptors (Lipinski definition) is 0. The molecule has 1 nitrogen and oxygen atoms in total. The molecule has 0 aromatic heterocycles. The van der Waals surface area contributed by atoms with Gasteiger partial charge in [0.05, 0.1) is 20.1 Å². The first-order chi connectivity index (χ1) is 4.29. The van der Waals surface area contributed by atoms with Gasteiger partial charge in [-0.05, 0) is 12.8 Å². The van der Waals surface area contributed by atoms with E-state index in [1.807, 2.05) is 0 Å². The summed E-state index contributed by atoms with van der Waals surface area (Å²) in [5.74, 6) is 0. The Hall–Kier alpha value is 0.250. The molecule has 0 radical (unpaired) electrons. The molecular weight excluding hydrogens is 134 g/mol. The second-order valence-electron chi connectivity index (χ2n) is 2.99. The third kappa shape index (κ3) is 2.55. The molecule has 0 bridgehead atoms. The van der Waals surface area contributed by atoms with Crippen LogP contribution < -0.4 is 4.90 Å². The first-order valence-corrected chi connectivity index (χ1v) is 4.18. The number of likely N-dealkylation sites (tertiary alicyclic amines) is 1. The van der Waals surface area contributed by atoms with Gasteiger partial charge in [-0.15, -0.1) is 11.6 Å². The van der Waals surface area contributed by atoms with Crippen LogP contribution in [0.25, 0.3) is 0 Å². The summed E-state index contributed by atoms with van der Waals surface area (Å²) in [5.41, 5.74) is 0. The van der Waals surface area contributed by atoms with Crippen molar-refractivity contribution in [2.75, 3.05) is 20.1 Å². The van der Waals surface area contributed by atoms with Gasteiger partial charge in [0.25, 0.3) is 0 Å². The zero-order chi connectivity index (χ0) is 6.69. The fraction of sp³-hybridized carbons (Fsp3) is 1.00. The molecule has 2 atom stereocenters. The van der Waals surface area contributed by atoms with Crippen molar-refractivity contribution in [3.8, 4) is 0 Å². The Bertz CT molecular complexity index is 75.0. The maximum Gasteiger partial charge on any atom is 0.0783 e. The zero-order valence-corrected chi connectivity index (χ0v) is 6.75. The molecule has 1 fully saturated rings. The second-order valence-corrected chi connectivity index (χ2v) is 3.60. The van der Waals surface area contributed by atoms with E-state index in [1.54, 1.807) is 4.90 Å². The number of rotatable bonds is 0. The highest BCUT2D eigenvalue weighted by Crippen LogP contribution is 2.09. The van der Waals surface area contributed by atoms with Gasteiger partial charge in [-0.2, -0.15) is 0 Å². The van der Waals surface area contributed by atoms with E-state index in [2.05, 4.69) is 7.05 Å². The smallest absolute Gasteiger partial charge is 0.0783 e. The second kappa shape index (κ2) is 3.43. The van der Waals surface area contributed by atoms with Crippen molar-refractivity contribution in [2.45, 2.75) is 24.6 Å². The van der Waals surface area contributed by atoms with Crippen molar-refractivity contribution in [3.63, 3.8) is 0 Å². The molecule has 1 rings (SSSR count). The fourth-order valence-electron chi connectivity index (χ4n) is 1.30. The average Bonchev–Trinajstić information content (AvgIpc) is 1.97. The molecule has 0 saturated carbocycles. The fourth-order valence-corrected chi connectivity index (χ4v) is 1.56. The number of nitrogens with one attached hydrogen (secondary N) is 1. The number of quaternary nitrogens is 1. The van der Waals surface area contributed by atoms with Crippen molar-refractivity contribution in [1.29, 1.82) is 0 Å². The minimum atomic E-state index is 0.461. The van der Waals surface area contributed by atoms with Crippen molar-refractivity contribution in [2.24, 2.45) is 0 Å². The molecule has 1 heterocycles. The number of alkyl halides is 1. The summed E-state index contributed by atoms with van der Waals surface area (Å²) in [6.45, 7) is 2.57. The van der Waals surface area contributed by atoms with Gasteiger partial charge in [0, 0.05) is 11.8 Å². The van der Waals surface area contributed by atoms with Gasteiger partial charge in [0.1, 0.15) is 0 Å². The quantitative estimate of drug-likeness (QED) is 0.472. The molecule has 54 valence electrons. The maximum absolute atomic E-state index is 5.97. The van der Waals surface area contributed by atoms with Gasteiger partial charge in [-0.3, -0.25) is 0 Å². The Morgan fingerprint density at radius 1 is 1.33 bits per heavy atom. The van der Waals surface area contributed by atoms with Crippen molar-refractivity contribution < 1.29 is 4.90 Å². The van der Waals surface area contributed by atoms with E-state index in [-0.39, 0.29) is 0 Å². The van der Waals surface area contributed by atoms with Crippen molar-refractivity contribution in [3.05, 3.63) is 0 Å². The lowest BCUT2D eigenvalue weighted by molar-refractivity contribution is -0.878. The summed E-state index contributed by atoms with van der Waals surface area (Å²) >= 11 is 5.97. The van der Waals surface area contributed by atoms with Crippen LogP contribution in [0.15, 0.2) is 0 Å². The highest BCUT2D eigenvalue weighted by Gasteiger charge is 2.13. The van der Waals surface area contributed by atoms with E-state index in [0.29, 0.717) is 5.38 Å². The molecule has 9 heavy (non-hydrogen) atoms. The largest absolute Gasteiger partial charge is 0.337 e. The Kier molecular flexibility index (Phi) is 2.80. The molecular formula is C7H15ClN+. The Labute approximate surface area is 62.0 Å². The molecule has 1 saturated heterocycles. The van der Waals surface area contributed by atoms with Gasteiger partial charge in [0.2, 0.25) is 0 Å². The van der Waals surface area contributed by atoms with Crippen LogP contribution in [0, 0.1) is 0 Å². The van der Waals surface area contributed by atoms with Crippen LogP contribution in [0.2, 0.25) is 0 Å². The minimum Gasteiger partial charge on any atom is -0.337 e. The third-order valence-corrected chi connectivity index (χ3v) is 2.44. The van der Waals surface area contributed by atoms with Gasteiger partial charge in [0.15, 0.2) is 0 Å². The van der Waals surface area contributed by atoms with E-state index in [1.165, 1.54) is 32.4 Å². The molecule has 1 aliphatic rings. The highest BCUT2D eigenvalue weighted by molar-refractivity contribution is 6.20. The summed E-state index contributed by atoms with van der Waals surface area (Å²) in [6, 6.07) is 0. The summed E-state index contributed by atoms with van der Waals surface area (Å²) in [6.07, 6.45) is 3.73. The van der Waals surface area contributed by atoms with Crippen LogP contribution in [-0.2, 0) is 0 Å². The lowest BCUT2D eigenvalue weighted by Gasteiger charge is -2.08. The summed E-state index contributed by atoms with van der Waals surface area (Å²) in [4.78, 5) is 1.64. The first-order valence-electron chi connectivity index (χ1n) is 3.74. The molecule has 1 N–H and O–H groups in total. The van der Waals surface area contributed by atoms with E-state index < -0.39 is 0 Å². The topological polar surface area (TPSA) is 4.44 Å². The first kappa shape index (κ1) is 7.36. The van der Waals surface area contributed by atoms with Gasteiger partial charge < -0.3 is 4.90 Å². The number of halogens is 1. The average molecular weight is 149 g/mol. The maximum atomic E-state index is 5.97. The van der Waals surface area contributed by atoms with Crippen LogP contribution in [0.4, 0.5) is 0 Å². The Balaban J connectivity index is 2.25. The van der Waals surface area contributed by atoms with E-state index in [9.17, 15) is 0 Å². The van der Waals surface area contributed by atoms with Gasteiger partial charge in [-0.25, -0.2) is 0 Å². The van der Waals surface area contributed by atoms with Gasteiger partial charge >= 0.3 is 0 Å². The molecule has 0 spiro atoms. The van der Waals surface area contributed by atoms with Crippen LogP contribution in [0.1, 0.15) is 19.3 Å². The summed E-state index contributed by atoms with van der Waals surface area (Å²) in [5, 5.41) is 0.461. The monoisotopic (exact) mass is 148 g/mol. The van der Waals surface area contributed by atoms with Crippen LogP contribution in [0.3, 0.4) is 0 Å². The third-order valence-electron chi connectivity index (χ3n) is 2.01. The minimum absolute atomic E-state index is 0.461. The lowest BCUT2D eigenvalue weighted by atomic mass is 10.2. The van der Waals surface area contributed by atoms with Crippen LogP contribution >= 0.6 is 11.6 Å². The van der Waals surface area contributed by atoms with Crippen LogP contribution in [0.5, 0.6) is 0 Å². The van der Waals surface area contributed by atoms with E-state index >= 15 is 0 Å². The molecule has 0 aromatic carbocycles. The Morgan fingerprint density at radius 3 is 2.89 bits per heavy atom. The van der Waals surface area contributed by atoms with Crippen LogP contribution in [-0.4, -0.2) is 25.5 Å². The summed E-state index contributed by atoms with van der Waals surface area (Å²) < 4.78 is 0. The SMILES string of the molecule is C[NH+]1CCC[C@@H](Cl)CC1. The normalized spacial score (nSPS) is 38.0. The van der Waals surface area contributed by atoms with E-state index in [4.69, 9.17) is 11.6 Å². The van der Waals surface area contributed by atoms with Gasteiger partial charge in [-0.1, -0.05) is 0 Å². The van der Waals surface area contributed by atoms with Crippen molar-refractivity contribution >= 4 is 11.6 Å². The predicted octanol–water partition coefficient (Wildman–Crippen LogP) is 0.292. The van der Waals surface area contributed by atoms with Crippen molar-refractivity contribution in [1.82, 2.24) is 0 Å². The Morgan fingerprint density at radius 2 is 2.11 bits per heavy atom. The number of hydrogen-bond donors (Lipinski definition) is 1. The predicted molar refractivity (Wildman–Crippen MR) is 40.1 cm³/mol. The highest BCUT2D eigenvalue weighted by atomic mass is 35.5. The van der Waals surface area contributed by atoms with E-state index in [0.717, 1.165) is 0 Å². The molecule has 0 amide bonds.